The first-order chi connectivity index (χ1) is 8.58. The Hall–Kier alpha value is -0.720. The fraction of sp³-hybridized carbons (Fsp3) is 0. The number of rotatable bonds is 2. The number of hydrogen-bond donors (Lipinski definition) is 1. The molecule has 0 saturated carbocycles. The summed E-state index contributed by atoms with van der Waals surface area (Å²) in [5.74, 6) is -0.212. The van der Waals surface area contributed by atoms with Gasteiger partial charge in [-0.3, -0.25) is 9.78 Å². The first-order valence-electron chi connectivity index (χ1n) is 4.94. The summed E-state index contributed by atoms with van der Waals surface area (Å²) >= 11 is 10.1. The Bertz CT molecular complexity index is 581. The Morgan fingerprint density at radius 2 is 1.78 bits per heavy atom. The third kappa shape index (κ3) is 3.18. The van der Waals surface area contributed by atoms with Crippen LogP contribution >= 0.6 is 47.8 Å². The lowest BCUT2D eigenvalue weighted by molar-refractivity contribution is 0.102. The maximum atomic E-state index is 12.1. The summed E-state index contributed by atoms with van der Waals surface area (Å²) < 4.78 is 2.39. The van der Waals surface area contributed by atoms with Crippen LogP contribution in [-0.4, -0.2) is 10.9 Å². The molecule has 0 spiro atoms. The average Bonchev–Trinajstić information content (AvgIpc) is 2.34. The molecule has 0 saturated heterocycles. The van der Waals surface area contributed by atoms with Crippen LogP contribution in [0.3, 0.4) is 0 Å². The number of nitrogens with zero attached hydrogens (tertiary/aromatic N) is 1. The van der Waals surface area contributed by atoms with Gasteiger partial charge in [-0.25, -0.2) is 0 Å². The number of carbonyl (C=O) groups excluding carboxylic acids is 1. The lowest BCUT2D eigenvalue weighted by Gasteiger charge is -2.09. The molecule has 2 aromatic rings. The molecule has 0 aliphatic rings. The standard InChI is InChI=1S/C12H7Br3N2O/c13-8-4-7(5-16-6-8)12(18)17-11-9(14)2-1-3-10(11)15/h1-6H,(H,17,18). The largest absolute Gasteiger partial charge is 0.320 e. The van der Waals surface area contributed by atoms with Gasteiger partial charge in [0.15, 0.2) is 0 Å². The van der Waals surface area contributed by atoms with Crippen LogP contribution in [-0.2, 0) is 0 Å². The normalized spacial score (nSPS) is 10.2. The van der Waals surface area contributed by atoms with Gasteiger partial charge in [0, 0.05) is 25.8 Å². The minimum absolute atomic E-state index is 0.212. The molecule has 1 N–H and O–H groups in total. The molecule has 0 unspecified atom stereocenters. The molecule has 18 heavy (non-hydrogen) atoms. The number of carbonyl (C=O) groups is 1. The summed E-state index contributed by atoms with van der Waals surface area (Å²) in [6.07, 6.45) is 3.15. The van der Waals surface area contributed by atoms with Gasteiger partial charge >= 0.3 is 0 Å². The van der Waals surface area contributed by atoms with Crippen LogP contribution in [0.4, 0.5) is 5.69 Å². The van der Waals surface area contributed by atoms with Crippen molar-refractivity contribution in [2.24, 2.45) is 0 Å². The first-order valence-corrected chi connectivity index (χ1v) is 7.32. The number of nitrogens with one attached hydrogen (secondary N) is 1. The molecular formula is C12H7Br3N2O. The van der Waals surface area contributed by atoms with E-state index in [0.29, 0.717) is 11.3 Å². The molecule has 1 aromatic heterocycles. The highest BCUT2D eigenvalue weighted by molar-refractivity contribution is 9.11. The van der Waals surface area contributed by atoms with Crippen molar-refractivity contribution in [3.05, 3.63) is 55.6 Å². The second-order valence-corrected chi connectivity index (χ2v) is 6.07. The molecule has 0 radical (unpaired) electrons. The van der Waals surface area contributed by atoms with Gasteiger partial charge in [-0.2, -0.15) is 0 Å². The summed E-state index contributed by atoms with van der Waals surface area (Å²) in [7, 11) is 0. The second kappa shape index (κ2) is 5.95. The molecule has 0 aliphatic heterocycles. The molecular weight excluding hydrogens is 428 g/mol. The van der Waals surface area contributed by atoms with Crippen molar-refractivity contribution < 1.29 is 4.79 Å². The zero-order valence-electron chi connectivity index (χ0n) is 8.95. The van der Waals surface area contributed by atoms with Gasteiger partial charge in [0.25, 0.3) is 5.91 Å². The van der Waals surface area contributed by atoms with Crippen molar-refractivity contribution in [3.63, 3.8) is 0 Å². The minimum atomic E-state index is -0.212. The van der Waals surface area contributed by atoms with E-state index in [1.54, 1.807) is 12.3 Å². The summed E-state index contributed by atoms with van der Waals surface area (Å²) in [5.41, 5.74) is 1.19. The highest BCUT2D eigenvalue weighted by atomic mass is 79.9. The molecule has 1 heterocycles. The number of amides is 1. The lowest BCUT2D eigenvalue weighted by Crippen LogP contribution is -2.13. The van der Waals surface area contributed by atoms with Crippen molar-refractivity contribution in [1.82, 2.24) is 4.98 Å². The van der Waals surface area contributed by atoms with Crippen molar-refractivity contribution >= 4 is 59.4 Å². The van der Waals surface area contributed by atoms with E-state index in [4.69, 9.17) is 0 Å². The summed E-state index contributed by atoms with van der Waals surface area (Å²) in [6, 6.07) is 7.32. The molecule has 0 atom stereocenters. The molecule has 92 valence electrons. The monoisotopic (exact) mass is 432 g/mol. The van der Waals surface area contributed by atoms with Crippen LogP contribution in [0.1, 0.15) is 10.4 Å². The van der Waals surface area contributed by atoms with E-state index in [-0.39, 0.29) is 5.91 Å². The number of benzene rings is 1. The van der Waals surface area contributed by atoms with Crippen molar-refractivity contribution in [2.75, 3.05) is 5.32 Å². The molecule has 0 bridgehead atoms. The highest BCUT2D eigenvalue weighted by Crippen LogP contribution is 2.30. The highest BCUT2D eigenvalue weighted by Gasteiger charge is 2.11. The Kier molecular flexibility index (Phi) is 4.53. The van der Waals surface area contributed by atoms with E-state index in [2.05, 4.69) is 58.1 Å². The van der Waals surface area contributed by atoms with E-state index >= 15 is 0 Å². The number of halogens is 3. The van der Waals surface area contributed by atoms with E-state index in [1.807, 2.05) is 18.2 Å². The van der Waals surface area contributed by atoms with Gasteiger partial charge < -0.3 is 5.32 Å². The third-order valence-electron chi connectivity index (χ3n) is 2.17. The topological polar surface area (TPSA) is 42.0 Å². The van der Waals surface area contributed by atoms with E-state index in [9.17, 15) is 4.79 Å². The molecule has 0 fully saturated rings. The molecule has 2 rings (SSSR count). The molecule has 1 amide bonds. The van der Waals surface area contributed by atoms with Gasteiger partial charge in [-0.15, -0.1) is 0 Å². The Balaban J connectivity index is 2.27. The van der Waals surface area contributed by atoms with Crippen LogP contribution in [0.2, 0.25) is 0 Å². The Morgan fingerprint density at radius 1 is 1.11 bits per heavy atom. The van der Waals surface area contributed by atoms with Crippen molar-refractivity contribution in [3.8, 4) is 0 Å². The van der Waals surface area contributed by atoms with Crippen LogP contribution in [0.25, 0.3) is 0 Å². The quantitative estimate of drug-likeness (QED) is 0.749. The fourth-order valence-electron chi connectivity index (χ4n) is 1.34. The van der Waals surface area contributed by atoms with Gasteiger partial charge in [0.05, 0.1) is 11.3 Å². The van der Waals surface area contributed by atoms with Gasteiger partial charge in [-0.05, 0) is 66.0 Å². The van der Waals surface area contributed by atoms with E-state index in [0.717, 1.165) is 13.4 Å². The summed E-state index contributed by atoms with van der Waals surface area (Å²) in [6.45, 7) is 0. The molecule has 1 aromatic carbocycles. The molecule has 3 nitrogen and oxygen atoms in total. The molecule has 6 heteroatoms. The zero-order chi connectivity index (χ0) is 13.1. The van der Waals surface area contributed by atoms with Crippen LogP contribution in [0, 0.1) is 0 Å². The maximum Gasteiger partial charge on any atom is 0.257 e. The minimum Gasteiger partial charge on any atom is -0.320 e. The summed E-state index contributed by atoms with van der Waals surface area (Å²) in [5, 5.41) is 2.83. The fourth-order valence-corrected chi connectivity index (χ4v) is 2.90. The predicted octanol–water partition coefficient (Wildman–Crippen LogP) is 4.62. The van der Waals surface area contributed by atoms with Gasteiger partial charge in [0.1, 0.15) is 0 Å². The lowest BCUT2D eigenvalue weighted by atomic mass is 10.2. The predicted molar refractivity (Wildman–Crippen MR) is 81.7 cm³/mol. The van der Waals surface area contributed by atoms with Gasteiger partial charge in [0.2, 0.25) is 0 Å². The Labute approximate surface area is 129 Å². The Morgan fingerprint density at radius 3 is 2.39 bits per heavy atom. The number of para-hydroxylation sites is 1. The van der Waals surface area contributed by atoms with Crippen molar-refractivity contribution in [1.29, 1.82) is 0 Å². The second-order valence-electron chi connectivity index (χ2n) is 3.44. The van der Waals surface area contributed by atoms with Gasteiger partial charge in [-0.1, -0.05) is 6.07 Å². The van der Waals surface area contributed by atoms with Crippen LogP contribution in [0.15, 0.2) is 50.1 Å². The van der Waals surface area contributed by atoms with E-state index in [1.165, 1.54) is 6.20 Å². The van der Waals surface area contributed by atoms with Crippen LogP contribution in [0.5, 0.6) is 0 Å². The number of aromatic nitrogens is 1. The average molecular weight is 435 g/mol. The number of hydrogen-bond acceptors (Lipinski definition) is 2. The SMILES string of the molecule is O=C(Nc1c(Br)cccc1Br)c1cncc(Br)c1. The number of pyridine rings is 1. The zero-order valence-corrected chi connectivity index (χ0v) is 13.7. The third-order valence-corrected chi connectivity index (χ3v) is 3.92. The number of anilines is 1. The molecule has 0 aliphatic carbocycles. The smallest absolute Gasteiger partial charge is 0.257 e. The maximum absolute atomic E-state index is 12.1. The summed E-state index contributed by atoms with van der Waals surface area (Å²) in [4.78, 5) is 16.0. The van der Waals surface area contributed by atoms with E-state index < -0.39 is 0 Å². The van der Waals surface area contributed by atoms with Crippen LogP contribution < -0.4 is 5.32 Å². The van der Waals surface area contributed by atoms with Crippen molar-refractivity contribution in [2.45, 2.75) is 0 Å². The first kappa shape index (κ1) is 13.7.